The summed E-state index contributed by atoms with van der Waals surface area (Å²) in [4.78, 5) is -0.01000. The predicted octanol–water partition coefficient (Wildman–Crippen LogP) is 4.22. The molecule has 0 radical (unpaired) electrons. The summed E-state index contributed by atoms with van der Waals surface area (Å²) in [5.74, 6) is 0.684. The second-order valence-electron chi connectivity index (χ2n) is 3.81. The standard InChI is InChI=1S/C10H21Cl/c1-5-7-8-9(6-2)10(3,4)11/h9H,5-8H2,1-4H3. The Kier molecular flexibility index (Phi) is 5.16. The van der Waals surface area contributed by atoms with Gasteiger partial charge in [0.2, 0.25) is 0 Å². The Hall–Kier alpha value is 0.290. The van der Waals surface area contributed by atoms with Crippen molar-refractivity contribution in [1.82, 2.24) is 0 Å². The molecule has 0 saturated heterocycles. The van der Waals surface area contributed by atoms with Gasteiger partial charge in [0.15, 0.2) is 0 Å². The molecule has 0 fully saturated rings. The molecule has 0 aliphatic heterocycles. The first-order valence-electron chi connectivity index (χ1n) is 4.71. The molecule has 0 nitrogen and oxygen atoms in total. The number of rotatable bonds is 5. The zero-order valence-electron chi connectivity index (χ0n) is 8.28. The topological polar surface area (TPSA) is 0 Å². The quantitative estimate of drug-likeness (QED) is 0.551. The van der Waals surface area contributed by atoms with Crippen LogP contribution < -0.4 is 0 Å². The molecule has 0 aromatic rings. The Labute approximate surface area is 76.3 Å². The molecule has 0 bridgehead atoms. The summed E-state index contributed by atoms with van der Waals surface area (Å²) in [6.45, 7) is 8.70. The van der Waals surface area contributed by atoms with Crippen LogP contribution in [-0.2, 0) is 0 Å². The van der Waals surface area contributed by atoms with E-state index in [0.717, 1.165) is 0 Å². The molecule has 0 rings (SSSR count). The van der Waals surface area contributed by atoms with Gasteiger partial charge in [-0.3, -0.25) is 0 Å². The van der Waals surface area contributed by atoms with E-state index in [2.05, 4.69) is 27.7 Å². The van der Waals surface area contributed by atoms with E-state index in [-0.39, 0.29) is 4.87 Å². The SMILES string of the molecule is CCCCC(CC)C(C)(C)Cl. The van der Waals surface area contributed by atoms with E-state index in [4.69, 9.17) is 11.6 Å². The van der Waals surface area contributed by atoms with E-state index >= 15 is 0 Å². The van der Waals surface area contributed by atoms with Gasteiger partial charge < -0.3 is 0 Å². The molecule has 0 aromatic carbocycles. The van der Waals surface area contributed by atoms with Gasteiger partial charge in [-0.05, 0) is 26.2 Å². The van der Waals surface area contributed by atoms with Gasteiger partial charge in [0.05, 0.1) is 0 Å². The Morgan fingerprint density at radius 2 is 1.82 bits per heavy atom. The zero-order valence-corrected chi connectivity index (χ0v) is 9.04. The third-order valence-corrected chi connectivity index (χ3v) is 2.68. The lowest BCUT2D eigenvalue weighted by molar-refractivity contribution is 0.365. The molecular weight excluding hydrogens is 156 g/mol. The van der Waals surface area contributed by atoms with E-state index in [0.29, 0.717) is 5.92 Å². The summed E-state index contributed by atoms with van der Waals surface area (Å²) >= 11 is 6.24. The number of hydrogen-bond donors (Lipinski definition) is 0. The van der Waals surface area contributed by atoms with Crippen molar-refractivity contribution >= 4 is 11.6 Å². The van der Waals surface area contributed by atoms with Gasteiger partial charge in [-0.2, -0.15) is 0 Å². The van der Waals surface area contributed by atoms with Crippen molar-refractivity contribution in [2.24, 2.45) is 5.92 Å². The van der Waals surface area contributed by atoms with E-state index in [9.17, 15) is 0 Å². The third kappa shape index (κ3) is 4.68. The van der Waals surface area contributed by atoms with Crippen molar-refractivity contribution in [3.8, 4) is 0 Å². The van der Waals surface area contributed by atoms with Crippen LogP contribution in [0.4, 0.5) is 0 Å². The summed E-state index contributed by atoms with van der Waals surface area (Å²) in [6.07, 6.45) is 5.08. The maximum atomic E-state index is 6.24. The minimum atomic E-state index is -0.01000. The molecule has 0 saturated carbocycles. The molecule has 1 atom stereocenters. The molecule has 0 amide bonds. The lowest BCUT2D eigenvalue weighted by atomic mass is 9.88. The van der Waals surface area contributed by atoms with Crippen molar-refractivity contribution in [2.75, 3.05) is 0 Å². The maximum absolute atomic E-state index is 6.24. The predicted molar refractivity (Wildman–Crippen MR) is 53.2 cm³/mol. The first-order chi connectivity index (χ1) is 5.02. The molecule has 0 aliphatic rings. The summed E-state index contributed by atoms with van der Waals surface area (Å²) in [6, 6.07) is 0. The Balaban J connectivity index is 3.76. The van der Waals surface area contributed by atoms with Crippen LogP contribution in [0.1, 0.15) is 53.4 Å². The van der Waals surface area contributed by atoms with Crippen LogP contribution in [0.15, 0.2) is 0 Å². The van der Waals surface area contributed by atoms with Crippen molar-refractivity contribution < 1.29 is 0 Å². The van der Waals surface area contributed by atoms with Crippen LogP contribution in [0.25, 0.3) is 0 Å². The summed E-state index contributed by atoms with van der Waals surface area (Å²) < 4.78 is 0. The number of halogens is 1. The zero-order chi connectivity index (χ0) is 8.91. The average molecular weight is 177 g/mol. The van der Waals surface area contributed by atoms with Gasteiger partial charge >= 0.3 is 0 Å². The number of unbranched alkanes of at least 4 members (excludes halogenated alkanes) is 1. The highest BCUT2D eigenvalue weighted by atomic mass is 35.5. The van der Waals surface area contributed by atoms with Gasteiger partial charge in [-0.25, -0.2) is 0 Å². The van der Waals surface area contributed by atoms with Crippen LogP contribution >= 0.6 is 11.6 Å². The fraction of sp³-hybridized carbons (Fsp3) is 1.00. The van der Waals surface area contributed by atoms with Crippen LogP contribution in [0, 0.1) is 5.92 Å². The van der Waals surface area contributed by atoms with E-state index < -0.39 is 0 Å². The first-order valence-corrected chi connectivity index (χ1v) is 5.09. The Morgan fingerprint density at radius 3 is 2.09 bits per heavy atom. The molecule has 0 aromatic heterocycles. The lowest BCUT2D eigenvalue weighted by Crippen LogP contribution is -2.23. The van der Waals surface area contributed by atoms with Crippen molar-refractivity contribution in [1.29, 1.82) is 0 Å². The van der Waals surface area contributed by atoms with Gasteiger partial charge in [0, 0.05) is 4.87 Å². The Morgan fingerprint density at radius 1 is 1.27 bits per heavy atom. The number of alkyl halides is 1. The van der Waals surface area contributed by atoms with Gasteiger partial charge in [0.1, 0.15) is 0 Å². The number of hydrogen-bond acceptors (Lipinski definition) is 0. The van der Waals surface area contributed by atoms with Crippen LogP contribution in [-0.4, -0.2) is 4.87 Å². The van der Waals surface area contributed by atoms with Gasteiger partial charge in [-0.15, -0.1) is 11.6 Å². The summed E-state index contributed by atoms with van der Waals surface area (Å²) in [7, 11) is 0. The molecule has 0 aliphatic carbocycles. The lowest BCUT2D eigenvalue weighted by Gasteiger charge is -2.27. The Bertz CT molecular complexity index is 91.5. The molecular formula is C10H21Cl. The van der Waals surface area contributed by atoms with Crippen LogP contribution in [0.5, 0.6) is 0 Å². The molecule has 11 heavy (non-hydrogen) atoms. The highest BCUT2D eigenvalue weighted by molar-refractivity contribution is 6.23. The summed E-state index contributed by atoms with van der Waals surface area (Å²) in [5.41, 5.74) is 0. The van der Waals surface area contributed by atoms with Crippen molar-refractivity contribution in [3.63, 3.8) is 0 Å². The fourth-order valence-corrected chi connectivity index (χ4v) is 1.75. The second-order valence-corrected chi connectivity index (χ2v) is 4.79. The smallest absolute Gasteiger partial charge is 0.0418 e. The van der Waals surface area contributed by atoms with Crippen LogP contribution in [0.2, 0.25) is 0 Å². The third-order valence-electron chi connectivity index (χ3n) is 2.37. The largest absolute Gasteiger partial charge is 0.120 e. The van der Waals surface area contributed by atoms with Crippen molar-refractivity contribution in [3.05, 3.63) is 0 Å². The van der Waals surface area contributed by atoms with Crippen LogP contribution in [0.3, 0.4) is 0 Å². The van der Waals surface area contributed by atoms with Gasteiger partial charge in [-0.1, -0.05) is 33.1 Å². The normalized spacial score (nSPS) is 15.0. The van der Waals surface area contributed by atoms with E-state index in [1.165, 1.54) is 25.7 Å². The highest BCUT2D eigenvalue weighted by Crippen LogP contribution is 2.30. The van der Waals surface area contributed by atoms with E-state index in [1.54, 1.807) is 0 Å². The van der Waals surface area contributed by atoms with Gasteiger partial charge in [0.25, 0.3) is 0 Å². The van der Waals surface area contributed by atoms with Crippen molar-refractivity contribution in [2.45, 2.75) is 58.3 Å². The minimum absolute atomic E-state index is 0.01000. The fourth-order valence-electron chi connectivity index (χ4n) is 1.48. The molecule has 1 heteroatoms. The molecule has 68 valence electrons. The highest BCUT2D eigenvalue weighted by Gasteiger charge is 2.24. The molecule has 1 unspecified atom stereocenters. The minimum Gasteiger partial charge on any atom is -0.120 e. The second kappa shape index (κ2) is 5.03. The molecule has 0 spiro atoms. The first kappa shape index (κ1) is 11.3. The molecule has 0 N–H and O–H groups in total. The average Bonchev–Trinajstić information content (AvgIpc) is 1.87. The molecule has 0 heterocycles. The van der Waals surface area contributed by atoms with E-state index in [1.807, 2.05) is 0 Å². The monoisotopic (exact) mass is 176 g/mol. The summed E-state index contributed by atoms with van der Waals surface area (Å²) in [5, 5.41) is 0. The maximum Gasteiger partial charge on any atom is 0.0418 e.